The topological polar surface area (TPSA) is 68.0 Å². The molecule has 0 aliphatic heterocycles. The molecule has 0 radical (unpaired) electrons. The van der Waals surface area contributed by atoms with E-state index in [1.54, 1.807) is 0 Å². The summed E-state index contributed by atoms with van der Waals surface area (Å²) >= 11 is 0. The third-order valence-electron chi connectivity index (χ3n) is 2.51. The predicted octanol–water partition coefficient (Wildman–Crippen LogP) is 1.92. The van der Waals surface area contributed by atoms with E-state index in [0.717, 1.165) is 24.1 Å². The molecule has 1 heterocycles. The number of carbonyl (C=O) groups is 1. The van der Waals surface area contributed by atoms with E-state index in [4.69, 9.17) is 5.11 Å². The Hall–Kier alpha value is -2.17. The molecule has 2 rings (SSSR count). The number of hydrogen-bond acceptors (Lipinski definition) is 3. The molecule has 88 valence electrons. The third kappa shape index (κ3) is 2.18. The van der Waals surface area contributed by atoms with E-state index in [9.17, 15) is 4.79 Å². The van der Waals surface area contributed by atoms with Gasteiger partial charge in [-0.05, 0) is 18.1 Å². The van der Waals surface area contributed by atoms with Gasteiger partial charge in [-0.2, -0.15) is 0 Å². The molecule has 0 bridgehead atoms. The molecule has 0 spiro atoms. The van der Waals surface area contributed by atoms with Crippen molar-refractivity contribution in [2.45, 2.75) is 19.8 Å². The summed E-state index contributed by atoms with van der Waals surface area (Å²) in [4.78, 5) is 11.0. The standard InChI is InChI=1S/C12H13N3O2/c1-2-5-9-6-3-4-7-10(9)15-11(12(16)17)8-13-14-15/h3-4,6-8H,2,5H2,1H3,(H,16,17). The van der Waals surface area contributed by atoms with Gasteiger partial charge < -0.3 is 5.11 Å². The van der Waals surface area contributed by atoms with Gasteiger partial charge in [-0.1, -0.05) is 36.8 Å². The highest BCUT2D eigenvalue weighted by Gasteiger charge is 2.14. The lowest BCUT2D eigenvalue weighted by molar-refractivity contribution is 0.0687. The smallest absolute Gasteiger partial charge is 0.356 e. The normalized spacial score (nSPS) is 10.4. The van der Waals surface area contributed by atoms with Gasteiger partial charge in [-0.15, -0.1) is 5.10 Å². The maximum Gasteiger partial charge on any atom is 0.356 e. The van der Waals surface area contributed by atoms with Crippen LogP contribution in [0.1, 0.15) is 29.4 Å². The molecule has 5 nitrogen and oxygen atoms in total. The second-order valence-corrected chi connectivity index (χ2v) is 3.71. The molecule has 1 N–H and O–H groups in total. The van der Waals surface area contributed by atoms with Gasteiger partial charge >= 0.3 is 5.97 Å². The van der Waals surface area contributed by atoms with E-state index in [0.29, 0.717) is 0 Å². The second kappa shape index (κ2) is 4.78. The van der Waals surface area contributed by atoms with Crippen molar-refractivity contribution in [3.8, 4) is 5.69 Å². The number of para-hydroxylation sites is 1. The minimum atomic E-state index is -1.03. The van der Waals surface area contributed by atoms with Crippen LogP contribution < -0.4 is 0 Å². The largest absolute Gasteiger partial charge is 0.476 e. The Balaban J connectivity index is 2.52. The molecule has 0 amide bonds. The van der Waals surface area contributed by atoms with Crippen LogP contribution in [0.2, 0.25) is 0 Å². The molecule has 1 aromatic carbocycles. The van der Waals surface area contributed by atoms with Crippen molar-refractivity contribution in [2.24, 2.45) is 0 Å². The van der Waals surface area contributed by atoms with Crippen molar-refractivity contribution < 1.29 is 9.90 Å². The van der Waals surface area contributed by atoms with Crippen molar-refractivity contribution in [2.75, 3.05) is 0 Å². The van der Waals surface area contributed by atoms with E-state index in [1.807, 2.05) is 24.3 Å². The Morgan fingerprint density at radius 3 is 2.88 bits per heavy atom. The molecule has 17 heavy (non-hydrogen) atoms. The first-order chi connectivity index (χ1) is 8.24. The summed E-state index contributed by atoms with van der Waals surface area (Å²) in [7, 11) is 0. The molecule has 0 saturated carbocycles. The number of rotatable bonds is 4. The summed E-state index contributed by atoms with van der Waals surface area (Å²) in [6.45, 7) is 2.08. The Kier molecular flexibility index (Phi) is 3.18. The number of aromatic nitrogens is 3. The predicted molar refractivity (Wildman–Crippen MR) is 62.3 cm³/mol. The second-order valence-electron chi connectivity index (χ2n) is 3.71. The van der Waals surface area contributed by atoms with E-state index >= 15 is 0 Å². The monoisotopic (exact) mass is 231 g/mol. The van der Waals surface area contributed by atoms with Crippen molar-refractivity contribution in [1.29, 1.82) is 0 Å². The zero-order valence-electron chi connectivity index (χ0n) is 9.50. The fraction of sp³-hybridized carbons (Fsp3) is 0.250. The van der Waals surface area contributed by atoms with Gasteiger partial charge in [0.05, 0.1) is 11.9 Å². The van der Waals surface area contributed by atoms with E-state index in [1.165, 1.54) is 10.9 Å². The highest BCUT2D eigenvalue weighted by molar-refractivity contribution is 5.85. The average molecular weight is 231 g/mol. The van der Waals surface area contributed by atoms with Crippen LogP contribution in [0.5, 0.6) is 0 Å². The van der Waals surface area contributed by atoms with Crippen molar-refractivity contribution in [3.05, 3.63) is 41.7 Å². The summed E-state index contributed by atoms with van der Waals surface area (Å²) in [5.74, 6) is -1.03. The lowest BCUT2D eigenvalue weighted by atomic mass is 10.1. The molecule has 0 fully saturated rings. The summed E-state index contributed by atoms with van der Waals surface area (Å²) in [5, 5.41) is 16.5. The minimum absolute atomic E-state index is 0.0774. The number of benzene rings is 1. The molecule has 0 aliphatic carbocycles. The van der Waals surface area contributed by atoms with Crippen LogP contribution in [0.15, 0.2) is 30.5 Å². The Morgan fingerprint density at radius 2 is 2.18 bits per heavy atom. The average Bonchev–Trinajstić information content (AvgIpc) is 2.79. The van der Waals surface area contributed by atoms with E-state index < -0.39 is 5.97 Å². The van der Waals surface area contributed by atoms with Crippen molar-refractivity contribution in [1.82, 2.24) is 15.0 Å². The van der Waals surface area contributed by atoms with Crippen LogP contribution in [0.25, 0.3) is 5.69 Å². The Labute approximate surface area is 98.7 Å². The molecule has 5 heteroatoms. The highest BCUT2D eigenvalue weighted by Crippen LogP contribution is 2.16. The maximum absolute atomic E-state index is 11.0. The molecular formula is C12H13N3O2. The van der Waals surface area contributed by atoms with Gasteiger partial charge in [0.2, 0.25) is 0 Å². The first-order valence-electron chi connectivity index (χ1n) is 5.46. The van der Waals surface area contributed by atoms with E-state index in [2.05, 4.69) is 17.2 Å². The van der Waals surface area contributed by atoms with Gasteiger partial charge in [-0.3, -0.25) is 0 Å². The molecule has 0 aliphatic rings. The van der Waals surface area contributed by atoms with Gasteiger partial charge in [0.15, 0.2) is 5.69 Å². The number of hydrogen-bond donors (Lipinski definition) is 1. The van der Waals surface area contributed by atoms with Crippen LogP contribution in [0.3, 0.4) is 0 Å². The summed E-state index contributed by atoms with van der Waals surface area (Å²) in [6.07, 6.45) is 3.13. The number of nitrogens with zero attached hydrogens (tertiary/aromatic N) is 3. The molecular weight excluding hydrogens is 218 g/mol. The quantitative estimate of drug-likeness (QED) is 0.872. The fourth-order valence-electron chi connectivity index (χ4n) is 1.76. The lowest BCUT2D eigenvalue weighted by Gasteiger charge is -2.08. The van der Waals surface area contributed by atoms with Crippen LogP contribution >= 0.6 is 0 Å². The van der Waals surface area contributed by atoms with Crippen molar-refractivity contribution in [3.63, 3.8) is 0 Å². The SMILES string of the molecule is CCCc1ccccc1-n1nncc1C(=O)O. The van der Waals surface area contributed by atoms with Gasteiger partial charge in [-0.25, -0.2) is 9.48 Å². The number of aryl methyl sites for hydroxylation is 1. The Bertz CT molecular complexity index is 534. The van der Waals surface area contributed by atoms with Crippen LogP contribution in [0, 0.1) is 0 Å². The summed E-state index contributed by atoms with van der Waals surface area (Å²) in [5.41, 5.74) is 1.93. The minimum Gasteiger partial charge on any atom is -0.476 e. The lowest BCUT2D eigenvalue weighted by Crippen LogP contribution is -2.10. The molecule has 0 saturated heterocycles. The molecule has 0 atom stereocenters. The van der Waals surface area contributed by atoms with Crippen LogP contribution in [-0.4, -0.2) is 26.1 Å². The zero-order valence-corrected chi connectivity index (χ0v) is 9.50. The first-order valence-corrected chi connectivity index (χ1v) is 5.46. The maximum atomic E-state index is 11.0. The molecule has 0 unspecified atom stereocenters. The third-order valence-corrected chi connectivity index (χ3v) is 2.51. The van der Waals surface area contributed by atoms with E-state index in [-0.39, 0.29) is 5.69 Å². The van der Waals surface area contributed by atoms with Crippen LogP contribution in [0.4, 0.5) is 0 Å². The highest BCUT2D eigenvalue weighted by atomic mass is 16.4. The molecule has 2 aromatic rings. The fourth-order valence-corrected chi connectivity index (χ4v) is 1.76. The summed E-state index contributed by atoms with van der Waals surface area (Å²) < 4.78 is 1.37. The zero-order chi connectivity index (χ0) is 12.3. The van der Waals surface area contributed by atoms with Gasteiger partial charge in [0.25, 0.3) is 0 Å². The van der Waals surface area contributed by atoms with Gasteiger partial charge in [0.1, 0.15) is 0 Å². The number of carboxylic acids is 1. The number of aromatic carboxylic acids is 1. The summed E-state index contributed by atoms with van der Waals surface area (Å²) in [6, 6.07) is 7.63. The molecule has 1 aromatic heterocycles. The van der Waals surface area contributed by atoms with Crippen molar-refractivity contribution >= 4 is 5.97 Å². The Morgan fingerprint density at radius 1 is 1.41 bits per heavy atom. The van der Waals surface area contributed by atoms with Crippen LogP contribution in [-0.2, 0) is 6.42 Å². The van der Waals surface area contributed by atoms with Gasteiger partial charge in [0, 0.05) is 0 Å². The number of carboxylic acid groups (broad SMARTS) is 1. The first kappa shape index (κ1) is 11.3.